The van der Waals surface area contributed by atoms with E-state index in [1.54, 1.807) is 24.3 Å². The zero-order valence-corrected chi connectivity index (χ0v) is 12.9. The molecule has 0 atom stereocenters. The molecule has 1 heterocycles. The second-order valence-corrected chi connectivity index (χ2v) is 6.92. The van der Waals surface area contributed by atoms with Crippen molar-refractivity contribution in [2.45, 2.75) is 4.90 Å². The Morgan fingerprint density at radius 3 is 2.73 bits per heavy atom. The van der Waals surface area contributed by atoms with Crippen molar-refractivity contribution in [1.29, 1.82) is 5.26 Å². The van der Waals surface area contributed by atoms with Gasteiger partial charge in [0, 0.05) is 0 Å². The van der Waals surface area contributed by atoms with Gasteiger partial charge in [0.25, 0.3) is 10.0 Å². The summed E-state index contributed by atoms with van der Waals surface area (Å²) in [5, 5.41) is 9.00. The third kappa shape index (κ3) is 2.39. The van der Waals surface area contributed by atoms with Gasteiger partial charge < -0.3 is 4.74 Å². The fraction of sp³-hybridized carbons (Fsp3) is 0.133. The van der Waals surface area contributed by atoms with E-state index in [9.17, 15) is 8.42 Å². The quantitative estimate of drug-likeness (QED) is 0.846. The van der Waals surface area contributed by atoms with Gasteiger partial charge in [0.15, 0.2) is 0 Å². The lowest BCUT2D eigenvalue weighted by Gasteiger charge is -2.30. The van der Waals surface area contributed by atoms with Crippen LogP contribution in [0.1, 0.15) is 5.56 Å². The summed E-state index contributed by atoms with van der Waals surface area (Å²) < 4.78 is 32.4. The van der Waals surface area contributed by atoms with Crippen LogP contribution in [0.5, 0.6) is 5.75 Å². The van der Waals surface area contributed by atoms with Gasteiger partial charge in [-0.15, -0.1) is 0 Å². The predicted octanol–water partition coefficient (Wildman–Crippen LogP) is 2.80. The van der Waals surface area contributed by atoms with Crippen LogP contribution in [-0.2, 0) is 10.0 Å². The minimum Gasteiger partial charge on any atom is -0.489 e. The summed E-state index contributed by atoms with van der Waals surface area (Å²) in [5.74, 6) is 0.525. The van der Waals surface area contributed by atoms with Gasteiger partial charge in [0.05, 0.1) is 27.7 Å². The molecule has 0 radical (unpaired) electrons. The Bertz CT molecular complexity index is 875. The van der Waals surface area contributed by atoms with E-state index in [0.29, 0.717) is 11.4 Å². The molecule has 1 aliphatic heterocycles. The molecule has 7 heteroatoms. The molecule has 0 fully saturated rings. The van der Waals surface area contributed by atoms with Crippen LogP contribution < -0.4 is 9.04 Å². The maximum atomic E-state index is 12.8. The molecule has 0 N–H and O–H groups in total. The summed E-state index contributed by atoms with van der Waals surface area (Å²) in [6, 6.07) is 13.0. The number of benzene rings is 2. The van der Waals surface area contributed by atoms with E-state index in [4.69, 9.17) is 21.6 Å². The van der Waals surface area contributed by atoms with Crippen molar-refractivity contribution in [3.05, 3.63) is 53.1 Å². The summed E-state index contributed by atoms with van der Waals surface area (Å²) in [6.07, 6.45) is 0. The Morgan fingerprint density at radius 2 is 2.00 bits per heavy atom. The highest BCUT2D eigenvalue weighted by molar-refractivity contribution is 7.92. The lowest BCUT2D eigenvalue weighted by molar-refractivity contribution is 0.316. The molecule has 0 aromatic heterocycles. The maximum absolute atomic E-state index is 12.8. The van der Waals surface area contributed by atoms with E-state index in [2.05, 4.69) is 0 Å². The van der Waals surface area contributed by atoms with Gasteiger partial charge in [-0.3, -0.25) is 4.31 Å². The summed E-state index contributed by atoms with van der Waals surface area (Å²) in [7, 11) is -3.76. The number of hydrogen-bond acceptors (Lipinski definition) is 4. The number of para-hydroxylation sites is 2. The average molecular weight is 335 g/mol. The fourth-order valence-corrected chi connectivity index (χ4v) is 4.04. The van der Waals surface area contributed by atoms with E-state index in [-0.39, 0.29) is 28.6 Å². The van der Waals surface area contributed by atoms with Crippen molar-refractivity contribution in [2.24, 2.45) is 0 Å². The lowest BCUT2D eigenvalue weighted by atomic mass is 10.2. The summed E-state index contributed by atoms with van der Waals surface area (Å²) in [5.41, 5.74) is 0.734. The van der Waals surface area contributed by atoms with Crippen molar-refractivity contribution in [2.75, 3.05) is 17.5 Å². The molecule has 0 unspecified atom stereocenters. The van der Waals surface area contributed by atoms with Crippen molar-refractivity contribution in [3.8, 4) is 11.8 Å². The number of halogens is 1. The smallest absolute Gasteiger partial charge is 0.264 e. The average Bonchev–Trinajstić information content (AvgIpc) is 2.54. The minimum absolute atomic E-state index is 0.0493. The summed E-state index contributed by atoms with van der Waals surface area (Å²) in [6.45, 7) is 0.497. The Balaban J connectivity index is 2.08. The van der Waals surface area contributed by atoms with Gasteiger partial charge in [-0.25, -0.2) is 8.42 Å². The topological polar surface area (TPSA) is 70.4 Å². The monoisotopic (exact) mass is 334 g/mol. The molecule has 0 amide bonds. The van der Waals surface area contributed by atoms with Crippen LogP contribution in [0.3, 0.4) is 0 Å². The Hall–Kier alpha value is -2.23. The minimum atomic E-state index is -3.76. The SMILES string of the molecule is N#Cc1ccc(S(=O)(=O)N2CCOc3ccccc32)cc1Cl. The first kappa shape index (κ1) is 14.7. The molecule has 1 aliphatic rings. The molecular formula is C15H11ClN2O3S. The Kier molecular flexibility index (Phi) is 3.69. The number of fused-ring (bicyclic) bond motifs is 1. The van der Waals surface area contributed by atoms with Gasteiger partial charge in [-0.1, -0.05) is 23.7 Å². The number of sulfonamides is 1. The zero-order valence-electron chi connectivity index (χ0n) is 11.4. The molecule has 112 valence electrons. The molecule has 2 aromatic carbocycles. The van der Waals surface area contributed by atoms with Crippen molar-refractivity contribution >= 4 is 27.3 Å². The third-order valence-corrected chi connectivity index (χ3v) is 5.46. The molecular weight excluding hydrogens is 324 g/mol. The summed E-state index contributed by atoms with van der Waals surface area (Å²) in [4.78, 5) is 0.0493. The van der Waals surface area contributed by atoms with Gasteiger partial charge in [-0.2, -0.15) is 5.26 Å². The number of anilines is 1. The van der Waals surface area contributed by atoms with Crippen LogP contribution in [-0.4, -0.2) is 21.6 Å². The molecule has 0 aliphatic carbocycles. The number of hydrogen-bond donors (Lipinski definition) is 0. The highest BCUT2D eigenvalue weighted by atomic mass is 35.5. The van der Waals surface area contributed by atoms with Crippen molar-refractivity contribution in [1.82, 2.24) is 0 Å². The molecule has 0 saturated carbocycles. The predicted molar refractivity (Wildman–Crippen MR) is 82.6 cm³/mol. The fourth-order valence-electron chi connectivity index (χ4n) is 2.27. The third-order valence-electron chi connectivity index (χ3n) is 3.33. The first-order valence-corrected chi connectivity index (χ1v) is 8.30. The molecule has 22 heavy (non-hydrogen) atoms. The zero-order chi connectivity index (χ0) is 15.7. The number of ether oxygens (including phenoxy) is 1. The second-order valence-electron chi connectivity index (χ2n) is 4.65. The highest BCUT2D eigenvalue weighted by Crippen LogP contribution is 2.35. The van der Waals surface area contributed by atoms with E-state index in [1.807, 2.05) is 6.07 Å². The molecule has 2 aromatic rings. The van der Waals surface area contributed by atoms with Crippen LogP contribution in [0.4, 0.5) is 5.69 Å². The standard InChI is InChI=1S/C15H11ClN2O3S/c16-13-9-12(6-5-11(13)10-17)22(19,20)18-7-8-21-15-4-2-1-3-14(15)18/h1-6,9H,7-8H2. The molecule has 0 saturated heterocycles. The Labute approximate surface area is 133 Å². The van der Waals surface area contributed by atoms with E-state index in [0.717, 1.165) is 0 Å². The lowest BCUT2D eigenvalue weighted by Crippen LogP contribution is -2.37. The number of rotatable bonds is 2. The van der Waals surface area contributed by atoms with Crippen molar-refractivity contribution in [3.63, 3.8) is 0 Å². The van der Waals surface area contributed by atoms with E-state index in [1.165, 1.54) is 22.5 Å². The largest absolute Gasteiger partial charge is 0.489 e. The van der Waals surface area contributed by atoms with Crippen LogP contribution in [0.25, 0.3) is 0 Å². The number of nitriles is 1. The first-order chi connectivity index (χ1) is 10.5. The first-order valence-electron chi connectivity index (χ1n) is 6.48. The molecule has 0 bridgehead atoms. The van der Waals surface area contributed by atoms with Crippen LogP contribution >= 0.6 is 11.6 Å². The highest BCUT2D eigenvalue weighted by Gasteiger charge is 2.30. The normalized spacial score (nSPS) is 13.9. The second kappa shape index (κ2) is 5.52. The maximum Gasteiger partial charge on any atom is 0.264 e. The van der Waals surface area contributed by atoms with Crippen LogP contribution in [0, 0.1) is 11.3 Å². The number of nitrogens with zero attached hydrogens (tertiary/aromatic N) is 2. The van der Waals surface area contributed by atoms with E-state index >= 15 is 0 Å². The van der Waals surface area contributed by atoms with Crippen molar-refractivity contribution < 1.29 is 13.2 Å². The van der Waals surface area contributed by atoms with Crippen LogP contribution in [0.15, 0.2) is 47.4 Å². The van der Waals surface area contributed by atoms with E-state index < -0.39 is 10.0 Å². The molecule has 5 nitrogen and oxygen atoms in total. The molecule has 3 rings (SSSR count). The van der Waals surface area contributed by atoms with Crippen LogP contribution in [0.2, 0.25) is 5.02 Å². The van der Waals surface area contributed by atoms with Gasteiger partial charge >= 0.3 is 0 Å². The summed E-state index contributed by atoms with van der Waals surface area (Å²) >= 11 is 5.94. The van der Waals surface area contributed by atoms with Gasteiger partial charge in [0.2, 0.25) is 0 Å². The van der Waals surface area contributed by atoms with Gasteiger partial charge in [0.1, 0.15) is 18.4 Å². The van der Waals surface area contributed by atoms with Gasteiger partial charge in [-0.05, 0) is 30.3 Å². The molecule has 0 spiro atoms. The Morgan fingerprint density at radius 1 is 1.23 bits per heavy atom.